The molecule has 1 aliphatic rings. The number of rotatable bonds is 5. The van der Waals surface area contributed by atoms with Crippen molar-refractivity contribution < 1.29 is 14.0 Å². The summed E-state index contributed by atoms with van der Waals surface area (Å²) in [5, 5.41) is 8.08. The predicted octanol–water partition coefficient (Wildman–Crippen LogP) is 3.90. The zero-order valence-corrected chi connectivity index (χ0v) is 18.4. The Balaban J connectivity index is 1.71. The number of nitrogens with zero attached hydrogens (tertiary/aromatic N) is 5. The van der Waals surface area contributed by atoms with Crippen LogP contribution in [0.3, 0.4) is 0 Å². The Kier molecular flexibility index (Phi) is 4.77. The van der Waals surface area contributed by atoms with E-state index in [1.165, 1.54) is 6.07 Å². The first kappa shape index (κ1) is 20.9. The third-order valence-corrected chi connectivity index (χ3v) is 5.92. The van der Waals surface area contributed by atoms with Gasteiger partial charge in [0.25, 0.3) is 0 Å². The molecule has 1 aromatic carbocycles. The topological polar surface area (TPSA) is 103 Å². The van der Waals surface area contributed by atoms with Crippen LogP contribution in [0.25, 0.3) is 22.6 Å². The Morgan fingerprint density at radius 3 is 2.70 bits per heavy atom. The predicted molar refractivity (Wildman–Crippen MR) is 120 cm³/mol. The maximum atomic E-state index is 14.3. The standard InChI is InChI=1S/C24H21FN6O2/c1-4-16(32)19-17-20(29-23(33)24(17,2)3)28-21(27-19)18-14-9-7-11-26-22(14)31(30-18)12-13-8-5-6-10-15(13)25/h5-11H,4,12H2,1-3H3,(H,27,28,29,33). The number of Topliss-reactive ketones (excluding diaryl/α,β-unsaturated/α-hetero) is 1. The van der Waals surface area contributed by atoms with Crippen molar-refractivity contribution >= 4 is 28.5 Å². The Morgan fingerprint density at radius 2 is 1.94 bits per heavy atom. The van der Waals surface area contributed by atoms with Gasteiger partial charge < -0.3 is 5.32 Å². The van der Waals surface area contributed by atoms with E-state index >= 15 is 0 Å². The fourth-order valence-electron chi connectivity index (χ4n) is 4.07. The van der Waals surface area contributed by atoms with Crippen molar-refractivity contribution in [1.29, 1.82) is 0 Å². The average molecular weight is 444 g/mol. The fraction of sp³-hybridized carbons (Fsp3) is 0.250. The van der Waals surface area contributed by atoms with E-state index in [9.17, 15) is 14.0 Å². The number of halogens is 1. The van der Waals surface area contributed by atoms with Gasteiger partial charge in [0.2, 0.25) is 5.91 Å². The van der Waals surface area contributed by atoms with E-state index < -0.39 is 5.41 Å². The van der Waals surface area contributed by atoms with E-state index in [0.717, 1.165) is 0 Å². The third kappa shape index (κ3) is 3.27. The lowest BCUT2D eigenvalue weighted by molar-refractivity contribution is -0.119. The van der Waals surface area contributed by atoms with Gasteiger partial charge in [-0.15, -0.1) is 0 Å². The van der Waals surface area contributed by atoms with Crippen LogP contribution in [-0.4, -0.2) is 36.4 Å². The number of fused-ring (bicyclic) bond motifs is 2. The van der Waals surface area contributed by atoms with Crippen molar-refractivity contribution in [2.75, 3.05) is 5.32 Å². The summed E-state index contributed by atoms with van der Waals surface area (Å²) in [7, 11) is 0. The average Bonchev–Trinajstić information content (AvgIpc) is 3.28. The molecule has 1 aliphatic heterocycles. The molecule has 1 N–H and O–H groups in total. The second kappa shape index (κ2) is 7.54. The first-order valence-electron chi connectivity index (χ1n) is 10.6. The molecule has 0 saturated heterocycles. The molecule has 0 atom stereocenters. The molecule has 9 heteroatoms. The number of hydrogen-bond acceptors (Lipinski definition) is 6. The molecule has 0 fully saturated rings. The Hall–Kier alpha value is -4.01. The highest BCUT2D eigenvalue weighted by Gasteiger charge is 2.43. The van der Waals surface area contributed by atoms with Gasteiger partial charge in [0.15, 0.2) is 17.3 Å². The number of carbonyl (C=O) groups excluding carboxylic acids is 2. The number of ketones is 1. The van der Waals surface area contributed by atoms with Crippen LogP contribution in [0.5, 0.6) is 0 Å². The van der Waals surface area contributed by atoms with Gasteiger partial charge >= 0.3 is 0 Å². The summed E-state index contributed by atoms with van der Waals surface area (Å²) >= 11 is 0. The lowest BCUT2D eigenvalue weighted by Gasteiger charge is -2.17. The molecule has 166 valence electrons. The van der Waals surface area contributed by atoms with Crippen LogP contribution in [0, 0.1) is 5.82 Å². The Morgan fingerprint density at radius 1 is 1.15 bits per heavy atom. The molecular weight excluding hydrogens is 423 g/mol. The summed E-state index contributed by atoms with van der Waals surface area (Å²) in [5.41, 5.74) is 1.18. The van der Waals surface area contributed by atoms with Crippen LogP contribution in [0.1, 0.15) is 48.8 Å². The Labute approximate surface area is 188 Å². The highest BCUT2D eigenvalue weighted by molar-refractivity contribution is 6.09. The van der Waals surface area contributed by atoms with Crippen LogP contribution in [0.15, 0.2) is 42.6 Å². The van der Waals surface area contributed by atoms with Crippen LogP contribution >= 0.6 is 0 Å². The van der Waals surface area contributed by atoms with Crippen molar-refractivity contribution in [3.05, 3.63) is 65.2 Å². The van der Waals surface area contributed by atoms with Gasteiger partial charge in [-0.05, 0) is 32.0 Å². The maximum absolute atomic E-state index is 14.3. The minimum atomic E-state index is -0.929. The molecular formula is C24H21FN6O2. The number of nitrogens with one attached hydrogen (secondary N) is 1. The highest BCUT2D eigenvalue weighted by atomic mass is 19.1. The van der Waals surface area contributed by atoms with E-state index in [-0.39, 0.29) is 42.0 Å². The molecule has 5 rings (SSSR count). The number of carbonyl (C=O) groups is 2. The molecule has 0 bridgehead atoms. The summed E-state index contributed by atoms with van der Waals surface area (Å²) in [4.78, 5) is 38.9. The minimum absolute atomic E-state index is 0.162. The summed E-state index contributed by atoms with van der Waals surface area (Å²) < 4.78 is 15.9. The van der Waals surface area contributed by atoms with Crippen molar-refractivity contribution in [3.8, 4) is 11.5 Å². The first-order chi connectivity index (χ1) is 15.8. The second-order valence-corrected chi connectivity index (χ2v) is 8.45. The van der Waals surface area contributed by atoms with Gasteiger partial charge in [-0.25, -0.2) is 24.0 Å². The van der Waals surface area contributed by atoms with Gasteiger partial charge in [-0.1, -0.05) is 25.1 Å². The minimum Gasteiger partial charge on any atom is -0.310 e. The van der Waals surface area contributed by atoms with Gasteiger partial charge in [-0.3, -0.25) is 9.59 Å². The van der Waals surface area contributed by atoms with Crippen LogP contribution in [0.4, 0.5) is 10.2 Å². The van der Waals surface area contributed by atoms with E-state index in [1.807, 2.05) is 6.07 Å². The quantitative estimate of drug-likeness (QED) is 0.469. The van der Waals surface area contributed by atoms with E-state index in [4.69, 9.17) is 0 Å². The van der Waals surface area contributed by atoms with Crippen molar-refractivity contribution in [1.82, 2.24) is 24.7 Å². The third-order valence-electron chi connectivity index (χ3n) is 5.92. The molecule has 4 heterocycles. The number of benzene rings is 1. The zero-order chi connectivity index (χ0) is 23.3. The number of aromatic nitrogens is 5. The van der Waals surface area contributed by atoms with E-state index in [0.29, 0.717) is 33.7 Å². The van der Waals surface area contributed by atoms with Gasteiger partial charge in [0, 0.05) is 23.7 Å². The molecule has 8 nitrogen and oxygen atoms in total. The molecule has 3 aromatic heterocycles. The van der Waals surface area contributed by atoms with Crippen LogP contribution in [0.2, 0.25) is 0 Å². The number of hydrogen-bond donors (Lipinski definition) is 1. The summed E-state index contributed by atoms with van der Waals surface area (Å²) in [5.74, 6) is -0.257. The summed E-state index contributed by atoms with van der Waals surface area (Å²) in [6.07, 6.45) is 1.86. The SMILES string of the molecule is CCC(=O)c1nc(-c2nn(Cc3ccccc3F)c3ncccc23)nc2c1C(C)(C)C(=O)N2. The molecule has 0 unspecified atom stereocenters. The first-order valence-corrected chi connectivity index (χ1v) is 10.6. The van der Waals surface area contributed by atoms with Gasteiger partial charge in [0.05, 0.1) is 17.3 Å². The molecule has 4 aromatic rings. The monoisotopic (exact) mass is 444 g/mol. The highest BCUT2D eigenvalue weighted by Crippen LogP contribution is 2.40. The van der Waals surface area contributed by atoms with Crippen molar-refractivity contribution in [3.63, 3.8) is 0 Å². The summed E-state index contributed by atoms with van der Waals surface area (Å²) in [6, 6.07) is 10.1. The molecule has 1 amide bonds. The summed E-state index contributed by atoms with van der Waals surface area (Å²) in [6.45, 7) is 5.39. The molecule has 0 aliphatic carbocycles. The number of amides is 1. The molecule has 0 saturated carbocycles. The fourth-order valence-corrected chi connectivity index (χ4v) is 4.07. The lowest BCUT2D eigenvalue weighted by Crippen LogP contribution is -2.28. The van der Waals surface area contributed by atoms with E-state index in [1.54, 1.807) is 55.9 Å². The Bertz CT molecular complexity index is 1440. The number of anilines is 1. The van der Waals surface area contributed by atoms with Crippen molar-refractivity contribution in [2.24, 2.45) is 0 Å². The molecule has 0 radical (unpaired) electrons. The van der Waals surface area contributed by atoms with Crippen LogP contribution < -0.4 is 5.32 Å². The van der Waals surface area contributed by atoms with Crippen LogP contribution in [-0.2, 0) is 16.8 Å². The smallest absolute Gasteiger partial charge is 0.235 e. The second-order valence-electron chi connectivity index (χ2n) is 8.45. The number of pyridine rings is 1. The normalized spacial score (nSPS) is 14.4. The molecule has 33 heavy (non-hydrogen) atoms. The lowest BCUT2D eigenvalue weighted by atomic mass is 9.84. The molecule has 0 spiro atoms. The van der Waals surface area contributed by atoms with Gasteiger partial charge in [0.1, 0.15) is 23.0 Å². The maximum Gasteiger partial charge on any atom is 0.235 e. The van der Waals surface area contributed by atoms with Gasteiger partial charge in [-0.2, -0.15) is 5.10 Å². The van der Waals surface area contributed by atoms with Crippen molar-refractivity contribution in [2.45, 2.75) is 39.2 Å². The zero-order valence-electron chi connectivity index (χ0n) is 18.4. The largest absolute Gasteiger partial charge is 0.310 e. The van der Waals surface area contributed by atoms with E-state index in [2.05, 4.69) is 25.4 Å².